The van der Waals surface area contributed by atoms with E-state index in [0.29, 0.717) is 38.5 Å². The standard InChI is InChI=1S/C34H34N2O5S/c1-6-39-33(38)30-23(5)35-34-36(31(30)27-12-7-8-13-28(27)41-21(2)3)32(37)29(42-34)19-24-14-16-26(17-15-24)40-20-25-11-9-10-22(4)18-25/h7-19,21,31H,6,20H2,1-5H3/b29-19+/t31-/m1/s1. The number of benzene rings is 3. The van der Waals surface area contributed by atoms with Crippen molar-refractivity contribution < 1.29 is 19.0 Å². The van der Waals surface area contributed by atoms with Gasteiger partial charge in [0.2, 0.25) is 0 Å². The van der Waals surface area contributed by atoms with E-state index in [1.165, 1.54) is 16.9 Å². The molecule has 1 atom stereocenters. The van der Waals surface area contributed by atoms with Gasteiger partial charge in [-0.25, -0.2) is 9.79 Å². The van der Waals surface area contributed by atoms with Crippen molar-refractivity contribution >= 4 is 23.4 Å². The second-order valence-electron chi connectivity index (χ2n) is 10.4. The molecule has 4 aromatic rings. The van der Waals surface area contributed by atoms with Crippen molar-refractivity contribution in [3.05, 3.63) is 126 Å². The zero-order valence-corrected chi connectivity index (χ0v) is 25.2. The molecule has 0 saturated heterocycles. The highest BCUT2D eigenvalue weighted by atomic mass is 32.1. The average molecular weight is 583 g/mol. The monoisotopic (exact) mass is 582 g/mol. The molecule has 1 aliphatic rings. The number of carbonyl (C=O) groups excluding carboxylic acids is 1. The number of fused-ring (bicyclic) bond motifs is 1. The summed E-state index contributed by atoms with van der Waals surface area (Å²) in [6.45, 7) is 10.2. The quantitative estimate of drug-likeness (QED) is 0.245. The Morgan fingerprint density at radius 1 is 1.05 bits per heavy atom. The number of hydrogen-bond donors (Lipinski definition) is 0. The van der Waals surface area contributed by atoms with Crippen LogP contribution in [0.2, 0.25) is 0 Å². The maximum atomic E-state index is 14.0. The molecule has 0 spiro atoms. The number of ether oxygens (including phenoxy) is 3. The molecule has 42 heavy (non-hydrogen) atoms. The molecule has 2 heterocycles. The third-order valence-corrected chi connectivity index (χ3v) is 7.74. The van der Waals surface area contributed by atoms with Crippen LogP contribution in [0.4, 0.5) is 0 Å². The normalized spacial score (nSPS) is 14.9. The van der Waals surface area contributed by atoms with Crippen LogP contribution in [0.3, 0.4) is 0 Å². The number of esters is 1. The number of rotatable bonds is 9. The number of aryl methyl sites for hydroxylation is 1. The van der Waals surface area contributed by atoms with Crippen LogP contribution < -0.4 is 24.4 Å². The Labute approximate surface area is 249 Å². The van der Waals surface area contributed by atoms with Crippen LogP contribution in [0, 0.1) is 6.92 Å². The highest BCUT2D eigenvalue weighted by Crippen LogP contribution is 2.36. The van der Waals surface area contributed by atoms with E-state index < -0.39 is 12.0 Å². The lowest BCUT2D eigenvalue weighted by molar-refractivity contribution is -0.139. The van der Waals surface area contributed by atoms with Crippen LogP contribution in [0.25, 0.3) is 6.08 Å². The summed E-state index contributed by atoms with van der Waals surface area (Å²) >= 11 is 1.29. The fraction of sp³-hybridized carbons (Fsp3) is 0.265. The number of para-hydroxylation sites is 1. The van der Waals surface area contributed by atoms with Gasteiger partial charge in [0.1, 0.15) is 24.1 Å². The number of allylic oxidation sites excluding steroid dienone is 1. The van der Waals surface area contributed by atoms with Crippen molar-refractivity contribution in [1.29, 1.82) is 0 Å². The number of aromatic nitrogens is 1. The van der Waals surface area contributed by atoms with Gasteiger partial charge in [-0.15, -0.1) is 0 Å². The lowest BCUT2D eigenvalue weighted by Gasteiger charge is -2.26. The highest BCUT2D eigenvalue weighted by Gasteiger charge is 2.35. The van der Waals surface area contributed by atoms with Gasteiger partial charge >= 0.3 is 5.97 Å². The van der Waals surface area contributed by atoms with E-state index in [2.05, 4.69) is 24.0 Å². The van der Waals surface area contributed by atoms with Crippen LogP contribution in [-0.2, 0) is 16.1 Å². The fourth-order valence-corrected chi connectivity index (χ4v) is 5.98. The van der Waals surface area contributed by atoms with Crippen LogP contribution in [0.1, 0.15) is 56.0 Å². The van der Waals surface area contributed by atoms with E-state index in [1.54, 1.807) is 18.4 Å². The Morgan fingerprint density at radius 2 is 1.81 bits per heavy atom. The number of hydrogen-bond acceptors (Lipinski definition) is 7. The van der Waals surface area contributed by atoms with Crippen molar-refractivity contribution in [3.63, 3.8) is 0 Å². The van der Waals surface area contributed by atoms with E-state index in [0.717, 1.165) is 16.9 Å². The molecule has 0 radical (unpaired) electrons. The number of thiazole rings is 1. The summed E-state index contributed by atoms with van der Waals surface area (Å²) in [6.07, 6.45) is 1.74. The molecule has 0 fully saturated rings. The molecule has 0 bridgehead atoms. The first-order chi connectivity index (χ1) is 20.2. The summed E-state index contributed by atoms with van der Waals surface area (Å²) in [5, 5.41) is 0. The first-order valence-corrected chi connectivity index (χ1v) is 14.8. The average Bonchev–Trinajstić information content (AvgIpc) is 3.26. The second kappa shape index (κ2) is 12.6. The lowest BCUT2D eigenvalue weighted by Crippen LogP contribution is -2.40. The molecule has 5 rings (SSSR count). The Hall–Kier alpha value is -4.43. The predicted octanol–water partition coefficient (Wildman–Crippen LogP) is 5.47. The number of carbonyl (C=O) groups is 1. The zero-order chi connectivity index (χ0) is 29.8. The minimum absolute atomic E-state index is 0.0955. The summed E-state index contributed by atoms with van der Waals surface area (Å²) in [5.41, 5.74) is 4.45. The molecular weight excluding hydrogens is 548 g/mol. The van der Waals surface area contributed by atoms with Crippen LogP contribution in [-0.4, -0.2) is 23.2 Å². The van der Waals surface area contributed by atoms with Gasteiger partial charge in [-0.1, -0.05) is 71.5 Å². The molecule has 1 aliphatic heterocycles. The molecule has 0 amide bonds. The fourth-order valence-electron chi connectivity index (χ4n) is 4.93. The highest BCUT2D eigenvalue weighted by molar-refractivity contribution is 7.07. The SMILES string of the molecule is CCOC(=O)C1=C(C)N=c2s/c(=C/c3ccc(OCc4cccc(C)c4)cc3)c(=O)n2[C@@H]1c1ccccc1OC(C)C. The van der Waals surface area contributed by atoms with E-state index >= 15 is 0 Å². The molecule has 8 heteroatoms. The van der Waals surface area contributed by atoms with Gasteiger partial charge < -0.3 is 14.2 Å². The molecule has 0 N–H and O–H groups in total. The molecule has 7 nitrogen and oxygen atoms in total. The molecule has 0 aliphatic carbocycles. The summed E-state index contributed by atoms with van der Waals surface area (Å²) in [5.74, 6) is 0.843. The van der Waals surface area contributed by atoms with Gasteiger partial charge in [-0.3, -0.25) is 9.36 Å². The molecule has 0 unspecified atom stereocenters. The molecule has 3 aromatic carbocycles. The van der Waals surface area contributed by atoms with Crippen molar-refractivity contribution in [3.8, 4) is 11.5 Å². The van der Waals surface area contributed by atoms with Gasteiger partial charge in [0.25, 0.3) is 5.56 Å². The van der Waals surface area contributed by atoms with Crippen molar-refractivity contribution in [2.24, 2.45) is 4.99 Å². The maximum Gasteiger partial charge on any atom is 0.338 e. The van der Waals surface area contributed by atoms with Crippen molar-refractivity contribution in [2.45, 2.75) is 53.4 Å². The minimum atomic E-state index is -0.741. The Morgan fingerprint density at radius 3 is 2.52 bits per heavy atom. The van der Waals surface area contributed by atoms with Crippen molar-refractivity contribution in [1.82, 2.24) is 4.57 Å². The Kier molecular flexibility index (Phi) is 8.73. The van der Waals surface area contributed by atoms with E-state index in [4.69, 9.17) is 14.2 Å². The Balaban J connectivity index is 1.53. The third-order valence-electron chi connectivity index (χ3n) is 6.76. The summed E-state index contributed by atoms with van der Waals surface area (Å²) in [7, 11) is 0. The summed E-state index contributed by atoms with van der Waals surface area (Å²) in [6, 6.07) is 22.6. The molecule has 0 saturated carbocycles. The van der Waals surface area contributed by atoms with Crippen LogP contribution in [0.15, 0.2) is 93.9 Å². The summed E-state index contributed by atoms with van der Waals surface area (Å²) in [4.78, 5) is 32.4. The zero-order valence-electron chi connectivity index (χ0n) is 24.4. The first-order valence-electron chi connectivity index (χ1n) is 14.0. The van der Waals surface area contributed by atoms with Crippen molar-refractivity contribution in [2.75, 3.05) is 6.61 Å². The van der Waals surface area contributed by atoms with E-state index in [9.17, 15) is 9.59 Å². The van der Waals surface area contributed by atoms with E-state index in [1.807, 2.05) is 80.6 Å². The molecular formula is C34H34N2O5S. The Bertz CT molecular complexity index is 1820. The second-order valence-corrected chi connectivity index (χ2v) is 11.4. The molecule has 216 valence electrons. The number of nitrogens with zero attached hydrogens (tertiary/aromatic N) is 2. The van der Waals surface area contributed by atoms with Gasteiger partial charge in [-0.05, 0) is 70.0 Å². The summed E-state index contributed by atoms with van der Waals surface area (Å²) < 4.78 is 19.6. The smallest absolute Gasteiger partial charge is 0.338 e. The van der Waals surface area contributed by atoms with Gasteiger partial charge in [0.05, 0.1) is 28.5 Å². The molecule has 1 aromatic heterocycles. The predicted molar refractivity (Wildman–Crippen MR) is 165 cm³/mol. The lowest BCUT2D eigenvalue weighted by atomic mass is 9.95. The first kappa shape index (κ1) is 29.1. The van der Waals surface area contributed by atoms with Crippen LogP contribution >= 0.6 is 11.3 Å². The topological polar surface area (TPSA) is 79.1 Å². The van der Waals surface area contributed by atoms with Gasteiger partial charge in [-0.2, -0.15) is 0 Å². The van der Waals surface area contributed by atoms with Gasteiger partial charge in [0, 0.05) is 5.56 Å². The third kappa shape index (κ3) is 6.24. The van der Waals surface area contributed by atoms with Crippen LogP contribution in [0.5, 0.6) is 11.5 Å². The largest absolute Gasteiger partial charge is 0.491 e. The maximum absolute atomic E-state index is 14.0. The van der Waals surface area contributed by atoms with Gasteiger partial charge in [0.15, 0.2) is 4.80 Å². The minimum Gasteiger partial charge on any atom is -0.491 e. The van der Waals surface area contributed by atoms with E-state index in [-0.39, 0.29) is 18.3 Å².